The van der Waals surface area contributed by atoms with Gasteiger partial charge in [-0.2, -0.15) is 0 Å². The highest BCUT2D eigenvalue weighted by atomic mass is 35.5. The lowest BCUT2D eigenvalue weighted by atomic mass is 10.1. The number of thiocarbonyl (C=S) groups is 1. The number of hydrogen-bond donors (Lipinski definition) is 0. The summed E-state index contributed by atoms with van der Waals surface area (Å²) < 4.78 is 13.2. The summed E-state index contributed by atoms with van der Waals surface area (Å²) in [5.74, 6) is 1.52. The monoisotopic (exact) mass is 459 g/mol. The van der Waals surface area contributed by atoms with Gasteiger partial charge >= 0.3 is 0 Å². The SMILES string of the molecule is COc1ccc(-c2c(Cl)c(OCC(=O)N3CCSC3=S)nn2-c2ccccc2)cc1. The molecule has 6 nitrogen and oxygen atoms in total. The Bertz CT molecular complexity index is 1070. The van der Waals surface area contributed by atoms with E-state index in [4.69, 9.17) is 33.3 Å². The standard InChI is InChI=1S/C21H18ClN3O3S2/c1-27-16-9-7-14(8-10-16)19-18(22)20(23-25(19)15-5-3-2-4-6-15)28-13-17(26)24-11-12-30-21(24)29/h2-10H,11-13H2,1H3. The van der Waals surface area contributed by atoms with Crippen molar-refractivity contribution < 1.29 is 14.3 Å². The zero-order valence-electron chi connectivity index (χ0n) is 16.1. The maximum Gasteiger partial charge on any atom is 0.266 e. The average Bonchev–Trinajstić information content (AvgIpc) is 3.36. The summed E-state index contributed by atoms with van der Waals surface area (Å²) in [5, 5.41) is 4.87. The van der Waals surface area contributed by atoms with E-state index in [1.165, 1.54) is 11.8 Å². The number of halogens is 1. The summed E-state index contributed by atoms with van der Waals surface area (Å²) >= 11 is 13.4. The molecule has 1 saturated heterocycles. The lowest BCUT2D eigenvalue weighted by Crippen LogP contribution is -2.34. The zero-order chi connectivity index (χ0) is 21.1. The number of carbonyl (C=O) groups excluding carboxylic acids is 1. The smallest absolute Gasteiger partial charge is 0.266 e. The van der Waals surface area contributed by atoms with Crippen molar-refractivity contribution in [1.82, 2.24) is 14.7 Å². The number of benzene rings is 2. The summed E-state index contributed by atoms with van der Waals surface area (Å²) in [4.78, 5) is 14.0. The van der Waals surface area contributed by atoms with Crippen molar-refractivity contribution in [1.29, 1.82) is 0 Å². The van der Waals surface area contributed by atoms with Crippen LogP contribution in [-0.4, -0.2) is 50.9 Å². The number of aromatic nitrogens is 2. The molecule has 0 N–H and O–H groups in total. The fourth-order valence-corrected chi connectivity index (χ4v) is 4.58. The number of hydrogen-bond acceptors (Lipinski definition) is 6. The molecular formula is C21H18ClN3O3S2. The van der Waals surface area contributed by atoms with Crippen LogP contribution >= 0.6 is 35.6 Å². The predicted molar refractivity (Wildman–Crippen MR) is 123 cm³/mol. The van der Waals surface area contributed by atoms with Gasteiger partial charge in [0.1, 0.15) is 15.1 Å². The minimum Gasteiger partial charge on any atom is -0.497 e. The van der Waals surface area contributed by atoms with Crippen LogP contribution in [0.4, 0.5) is 0 Å². The average molecular weight is 460 g/mol. The first kappa shape index (κ1) is 20.7. The van der Waals surface area contributed by atoms with Crippen LogP contribution in [0.2, 0.25) is 5.02 Å². The molecule has 1 aliphatic heterocycles. The lowest BCUT2D eigenvalue weighted by molar-refractivity contribution is -0.129. The Hall–Kier alpha value is -2.55. The topological polar surface area (TPSA) is 56.6 Å². The van der Waals surface area contributed by atoms with Gasteiger partial charge in [0.25, 0.3) is 11.8 Å². The second-order valence-corrected chi connectivity index (χ2v) is 8.50. The van der Waals surface area contributed by atoms with E-state index in [2.05, 4.69) is 5.10 Å². The van der Waals surface area contributed by atoms with E-state index in [0.29, 0.717) is 21.6 Å². The molecule has 154 valence electrons. The van der Waals surface area contributed by atoms with Crippen molar-refractivity contribution in [2.75, 3.05) is 26.0 Å². The largest absolute Gasteiger partial charge is 0.497 e. The molecule has 30 heavy (non-hydrogen) atoms. The summed E-state index contributed by atoms with van der Waals surface area (Å²) in [6.07, 6.45) is 0. The quantitative estimate of drug-likeness (QED) is 0.508. The second-order valence-electron chi connectivity index (χ2n) is 6.39. The number of methoxy groups -OCH3 is 1. The Kier molecular flexibility index (Phi) is 6.26. The first-order chi connectivity index (χ1) is 14.6. The number of ether oxygens (including phenoxy) is 2. The summed E-state index contributed by atoms with van der Waals surface area (Å²) in [7, 11) is 1.61. The second kappa shape index (κ2) is 9.07. The van der Waals surface area contributed by atoms with Gasteiger partial charge in [0.15, 0.2) is 6.61 Å². The van der Waals surface area contributed by atoms with Gasteiger partial charge in [0, 0.05) is 17.9 Å². The van der Waals surface area contributed by atoms with E-state index in [-0.39, 0.29) is 18.4 Å². The molecule has 0 saturated carbocycles. The first-order valence-corrected chi connectivity index (χ1v) is 10.9. The maximum absolute atomic E-state index is 12.5. The van der Waals surface area contributed by atoms with Gasteiger partial charge < -0.3 is 9.47 Å². The van der Waals surface area contributed by atoms with Crippen LogP contribution in [-0.2, 0) is 4.79 Å². The molecule has 3 aromatic rings. The molecule has 1 fully saturated rings. The van der Waals surface area contributed by atoms with Crippen molar-refractivity contribution in [2.45, 2.75) is 0 Å². The molecule has 0 atom stereocenters. The molecule has 1 aromatic heterocycles. The van der Waals surface area contributed by atoms with E-state index in [1.807, 2.05) is 54.6 Å². The van der Waals surface area contributed by atoms with Crippen molar-refractivity contribution in [3.8, 4) is 28.6 Å². The fraction of sp³-hybridized carbons (Fsp3) is 0.190. The third-order valence-electron chi connectivity index (χ3n) is 4.56. The van der Waals surface area contributed by atoms with Crippen LogP contribution in [0.3, 0.4) is 0 Å². The molecule has 0 aliphatic carbocycles. The van der Waals surface area contributed by atoms with Crippen molar-refractivity contribution in [2.24, 2.45) is 0 Å². The van der Waals surface area contributed by atoms with E-state index < -0.39 is 0 Å². The number of rotatable bonds is 6. The molecule has 1 aliphatic rings. The number of thioether (sulfide) groups is 1. The maximum atomic E-state index is 12.5. The van der Waals surface area contributed by atoms with Gasteiger partial charge in [0.05, 0.1) is 18.5 Å². The van der Waals surface area contributed by atoms with Crippen molar-refractivity contribution in [3.63, 3.8) is 0 Å². The Morgan fingerprint density at radius 3 is 2.57 bits per heavy atom. The fourth-order valence-electron chi connectivity index (χ4n) is 3.05. The van der Waals surface area contributed by atoms with Gasteiger partial charge in [0.2, 0.25) is 0 Å². The molecular weight excluding hydrogens is 442 g/mol. The van der Waals surface area contributed by atoms with E-state index in [0.717, 1.165) is 22.8 Å². The molecule has 4 rings (SSSR count). The Morgan fingerprint density at radius 1 is 1.20 bits per heavy atom. The molecule has 0 unspecified atom stereocenters. The van der Waals surface area contributed by atoms with Crippen LogP contribution in [0.5, 0.6) is 11.6 Å². The number of carbonyl (C=O) groups is 1. The van der Waals surface area contributed by atoms with Gasteiger partial charge in [-0.25, -0.2) is 4.68 Å². The van der Waals surface area contributed by atoms with Crippen LogP contribution in [0.15, 0.2) is 54.6 Å². The number of nitrogens with zero attached hydrogens (tertiary/aromatic N) is 3. The highest BCUT2D eigenvalue weighted by Gasteiger charge is 2.26. The normalized spacial score (nSPS) is 13.5. The highest BCUT2D eigenvalue weighted by Crippen LogP contribution is 2.37. The lowest BCUT2D eigenvalue weighted by Gasteiger charge is -2.14. The Morgan fingerprint density at radius 2 is 1.93 bits per heavy atom. The van der Waals surface area contributed by atoms with Crippen LogP contribution in [0.1, 0.15) is 0 Å². The van der Waals surface area contributed by atoms with Gasteiger partial charge in [-0.1, -0.05) is 53.8 Å². The van der Waals surface area contributed by atoms with E-state index >= 15 is 0 Å². The van der Waals surface area contributed by atoms with E-state index in [1.54, 1.807) is 16.7 Å². The zero-order valence-corrected chi connectivity index (χ0v) is 18.5. The molecule has 1 amide bonds. The van der Waals surface area contributed by atoms with Crippen LogP contribution < -0.4 is 9.47 Å². The summed E-state index contributed by atoms with van der Waals surface area (Å²) in [6.45, 7) is 0.406. The van der Waals surface area contributed by atoms with Crippen molar-refractivity contribution >= 4 is 45.8 Å². The Labute approximate surface area is 188 Å². The van der Waals surface area contributed by atoms with Gasteiger partial charge in [-0.05, 0) is 36.4 Å². The predicted octanol–water partition coefficient (Wildman–Crippen LogP) is 4.44. The number of amides is 1. The summed E-state index contributed by atoms with van der Waals surface area (Å²) in [5.41, 5.74) is 2.33. The summed E-state index contributed by atoms with van der Waals surface area (Å²) in [6, 6.07) is 17.1. The number of para-hydroxylation sites is 1. The van der Waals surface area contributed by atoms with Crippen LogP contribution in [0, 0.1) is 0 Å². The minimum atomic E-state index is -0.207. The molecule has 0 spiro atoms. The van der Waals surface area contributed by atoms with Crippen molar-refractivity contribution in [3.05, 3.63) is 59.6 Å². The highest BCUT2D eigenvalue weighted by molar-refractivity contribution is 8.23. The molecule has 2 aromatic carbocycles. The molecule has 2 heterocycles. The third-order valence-corrected chi connectivity index (χ3v) is 6.33. The molecule has 9 heteroatoms. The molecule has 0 radical (unpaired) electrons. The van der Waals surface area contributed by atoms with Gasteiger partial charge in [-0.15, -0.1) is 5.10 Å². The van der Waals surface area contributed by atoms with E-state index in [9.17, 15) is 4.79 Å². The third kappa shape index (κ3) is 4.16. The molecule has 0 bridgehead atoms. The van der Waals surface area contributed by atoms with Gasteiger partial charge in [-0.3, -0.25) is 9.69 Å². The van der Waals surface area contributed by atoms with Crippen LogP contribution in [0.25, 0.3) is 16.9 Å². The first-order valence-electron chi connectivity index (χ1n) is 9.17. The minimum absolute atomic E-state index is 0.186. The Balaban J connectivity index is 1.67.